The molecule has 4 aromatic heterocycles. The Morgan fingerprint density at radius 3 is 2.23 bits per heavy atom. The lowest BCUT2D eigenvalue weighted by Gasteiger charge is -2.15. The van der Waals surface area contributed by atoms with Gasteiger partial charge in [-0.3, -0.25) is 5.41 Å². The van der Waals surface area contributed by atoms with E-state index in [4.69, 9.17) is 30.8 Å². The summed E-state index contributed by atoms with van der Waals surface area (Å²) in [7, 11) is 0. The zero-order chi connectivity index (χ0) is 26.5. The van der Waals surface area contributed by atoms with Gasteiger partial charge in [0.1, 0.15) is 5.69 Å². The Morgan fingerprint density at radius 1 is 0.923 bits per heavy atom. The van der Waals surface area contributed by atoms with E-state index in [1.807, 2.05) is 36.4 Å². The van der Waals surface area contributed by atoms with Gasteiger partial charge in [-0.05, 0) is 30.3 Å². The highest BCUT2D eigenvalue weighted by Crippen LogP contribution is 2.33. The highest BCUT2D eigenvalue weighted by molar-refractivity contribution is 6.52. The van der Waals surface area contributed by atoms with Gasteiger partial charge in [-0.2, -0.15) is 0 Å². The topological polar surface area (TPSA) is 180 Å². The van der Waals surface area contributed by atoms with Crippen molar-refractivity contribution in [1.29, 1.82) is 5.41 Å². The van der Waals surface area contributed by atoms with E-state index >= 15 is 0 Å². The molecule has 0 spiro atoms. The molecule has 1 aliphatic rings. The molecule has 0 radical (unpaired) electrons. The fraction of sp³-hybridized carbons (Fsp3) is 0.240. The molecule has 0 bridgehead atoms. The van der Waals surface area contributed by atoms with Gasteiger partial charge in [0.25, 0.3) is 11.8 Å². The quantitative estimate of drug-likeness (QED) is 0.185. The first kappa shape index (κ1) is 27.6. The van der Waals surface area contributed by atoms with Gasteiger partial charge >= 0.3 is 0 Å². The van der Waals surface area contributed by atoms with Gasteiger partial charge in [-0.1, -0.05) is 12.1 Å². The van der Waals surface area contributed by atoms with E-state index in [9.17, 15) is 0 Å². The molecule has 4 aromatic rings. The fourth-order valence-corrected chi connectivity index (χ4v) is 3.76. The van der Waals surface area contributed by atoms with Crippen molar-refractivity contribution in [2.24, 2.45) is 15.7 Å². The minimum Gasteiger partial charge on any atom is -0.475 e. The number of pyridine rings is 2. The van der Waals surface area contributed by atoms with Crippen LogP contribution in [0.5, 0.6) is 11.8 Å². The summed E-state index contributed by atoms with van der Waals surface area (Å²) in [6.45, 7) is 0.515. The molecule has 0 aliphatic carbocycles. The third-order valence-electron chi connectivity index (χ3n) is 5.57. The number of rotatable bonds is 10. The number of nitrogens with one attached hydrogen (secondary N) is 2. The average molecular weight is 554 g/mol. The lowest BCUT2D eigenvalue weighted by atomic mass is 10.2. The van der Waals surface area contributed by atoms with Crippen molar-refractivity contribution in [3.05, 3.63) is 60.6 Å². The molecule has 0 saturated heterocycles. The van der Waals surface area contributed by atoms with Crippen molar-refractivity contribution in [3.8, 4) is 11.8 Å². The van der Waals surface area contributed by atoms with E-state index < -0.39 is 0 Å². The number of nitrogens with two attached hydrogens (primary N) is 1. The largest absolute Gasteiger partial charge is 0.475 e. The predicted molar refractivity (Wildman–Crippen MR) is 150 cm³/mol. The molecular formula is C25H28ClN9O4. The number of aliphatic hydroxyl groups excluding tert-OH is 2. The number of halogens is 1. The first-order chi connectivity index (χ1) is 18.6. The molecule has 0 aromatic carbocycles. The minimum atomic E-state index is -0.0103. The van der Waals surface area contributed by atoms with Crippen molar-refractivity contribution < 1.29 is 19.7 Å². The third kappa shape index (κ3) is 5.85. The number of dihydropyridines is 1. The number of amidine groups is 2. The molecule has 5 rings (SSSR count). The Morgan fingerprint density at radius 2 is 1.54 bits per heavy atom. The Labute approximate surface area is 229 Å². The molecule has 0 atom stereocenters. The lowest BCUT2D eigenvalue weighted by Crippen LogP contribution is -2.29. The summed E-state index contributed by atoms with van der Waals surface area (Å²) in [5.74, 6) is 0.956. The number of ether oxygens (including phenoxy) is 2. The zero-order valence-electron chi connectivity index (χ0n) is 20.8. The van der Waals surface area contributed by atoms with Crippen LogP contribution in [0.2, 0.25) is 0 Å². The van der Waals surface area contributed by atoms with Gasteiger partial charge in [0.05, 0.1) is 35.7 Å². The van der Waals surface area contributed by atoms with Crippen LogP contribution < -0.4 is 20.5 Å². The number of nitrogens with zero attached hydrogens (tertiary/aromatic N) is 6. The van der Waals surface area contributed by atoms with Crippen LogP contribution in [0.3, 0.4) is 0 Å². The molecule has 0 unspecified atom stereocenters. The molecule has 0 amide bonds. The SMILES string of the molecule is Cl.N=C1C=C(N)C(=Nc2c(OCCCO)nn3ccccc23)N=C1Nc1c(OCCCO)nn2ccccc12. The fourth-order valence-electron chi connectivity index (χ4n) is 3.76. The minimum absolute atomic E-state index is 0. The number of anilines is 1. The standard InChI is InChI=1S/C25H27N9O4.ClH/c26-16-15-17(27)23(29-21-19-8-2-4-10-34(19)32-25(21)38-14-6-12-36)30-22(16)28-20-18-7-1-3-9-33(18)31-24(20)37-13-5-11-35;/h1-4,7-10,15,26,35-36H,5-6,11-14,27H2,(H,28,29,30);1H. The number of fused-ring (bicyclic) bond motifs is 2. The summed E-state index contributed by atoms with van der Waals surface area (Å²) in [5, 5.41) is 38.8. The van der Waals surface area contributed by atoms with E-state index in [1.165, 1.54) is 6.08 Å². The van der Waals surface area contributed by atoms with Crippen LogP contribution >= 0.6 is 12.4 Å². The highest BCUT2D eigenvalue weighted by Gasteiger charge is 2.23. The first-order valence-corrected chi connectivity index (χ1v) is 12.0. The van der Waals surface area contributed by atoms with Crippen molar-refractivity contribution in [2.45, 2.75) is 12.8 Å². The Balaban J connectivity index is 0.00000353. The van der Waals surface area contributed by atoms with E-state index in [0.717, 1.165) is 0 Å². The highest BCUT2D eigenvalue weighted by atomic mass is 35.5. The van der Waals surface area contributed by atoms with Crippen LogP contribution in [0.1, 0.15) is 12.8 Å². The number of aromatic nitrogens is 4. The maximum Gasteiger partial charge on any atom is 0.260 e. The molecule has 204 valence electrons. The second-order valence-corrected chi connectivity index (χ2v) is 8.28. The number of aliphatic imine (C=N–C) groups is 2. The normalized spacial score (nSPS) is 14.3. The summed E-state index contributed by atoms with van der Waals surface area (Å²) >= 11 is 0. The Bertz CT molecular complexity index is 1570. The molecule has 5 heterocycles. The van der Waals surface area contributed by atoms with Crippen LogP contribution in [0.25, 0.3) is 11.0 Å². The number of hydrogen-bond acceptors (Lipinski definition) is 10. The van der Waals surface area contributed by atoms with Crippen LogP contribution in [0.15, 0.2) is 70.5 Å². The second kappa shape index (κ2) is 12.4. The lowest BCUT2D eigenvalue weighted by molar-refractivity contribution is 0.229. The van der Waals surface area contributed by atoms with Gasteiger partial charge in [0.2, 0.25) is 0 Å². The van der Waals surface area contributed by atoms with Crippen LogP contribution in [0, 0.1) is 5.41 Å². The van der Waals surface area contributed by atoms with E-state index in [2.05, 4.69) is 25.5 Å². The molecule has 6 N–H and O–H groups in total. The first-order valence-electron chi connectivity index (χ1n) is 12.0. The number of aliphatic hydroxyl groups is 2. The third-order valence-corrected chi connectivity index (χ3v) is 5.57. The van der Waals surface area contributed by atoms with Gasteiger partial charge in [0.15, 0.2) is 17.4 Å². The molecule has 0 saturated carbocycles. The molecule has 0 fully saturated rings. The monoisotopic (exact) mass is 553 g/mol. The van der Waals surface area contributed by atoms with Crippen molar-refractivity contribution >= 4 is 52.2 Å². The van der Waals surface area contributed by atoms with Crippen molar-refractivity contribution in [3.63, 3.8) is 0 Å². The Hall–Kier alpha value is -4.46. The van der Waals surface area contributed by atoms with Gasteiger partial charge in [-0.15, -0.1) is 22.6 Å². The van der Waals surface area contributed by atoms with E-state index in [1.54, 1.807) is 21.4 Å². The smallest absolute Gasteiger partial charge is 0.260 e. The summed E-state index contributed by atoms with van der Waals surface area (Å²) in [4.78, 5) is 9.23. The molecule has 14 heteroatoms. The van der Waals surface area contributed by atoms with E-state index in [-0.39, 0.29) is 67.8 Å². The van der Waals surface area contributed by atoms with Gasteiger partial charge in [-0.25, -0.2) is 19.0 Å². The van der Waals surface area contributed by atoms with Crippen LogP contribution in [0.4, 0.5) is 11.4 Å². The molecule has 13 nitrogen and oxygen atoms in total. The summed E-state index contributed by atoms with van der Waals surface area (Å²) in [5.41, 5.74) is 8.82. The van der Waals surface area contributed by atoms with Crippen LogP contribution in [-0.2, 0) is 0 Å². The zero-order valence-corrected chi connectivity index (χ0v) is 21.6. The number of hydrogen-bond donors (Lipinski definition) is 5. The summed E-state index contributed by atoms with van der Waals surface area (Å²) in [6.07, 6.45) is 5.90. The van der Waals surface area contributed by atoms with Gasteiger partial charge in [0, 0.05) is 38.4 Å². The molecule has 39 heavy (non-hydrogen) atoms. The summed E-state index contributed by atoms with van der Waals surface area (Å²) in [6, 6.07) is 11.1. The summed E-state index contributed by atoms with van der Waals surface area (Å²) < 4.78 is 14.8. The van der Waals surface area contributed by atoms with Crippen molar-refractivity contribution in [2.75, 3.05) is 31.7 Å². The molecule has 1 aliphatic heterocycles. The van der Waals surface area contributed by atoms with E-state index in [0.29, 0.717) is 41.1 Å². The van der Waals surface area contributed by atoms with Crippen molar-refractivity contribution in [1.82, 2.24) is 19.2 Å². The Kier molecular flexibility index (Phi) is 8.76. The second-order valence-electron chi connectivity index (χ2n) is 8.28. The average Bonchev–Trinajstić information content (AvgIpc) is 3.45. The van der Waals surface area contributed by atoms with Gasteiger partial charge < -0.3 is 30.7 Å². The maximum atomic E-state index is 9.13. The predicted octanol–water partition coefficient (Wildman–Crippen LogP) is 2.34. The van der Waals surface area contributed by atoms with Crippen LogP contribution in [-0.4, -0.2) is 73.3 Å². The maximum absolute atomic E-state index is 9.13. The molecular weight excluding hydrogens is 526 g/mol.